The molecule has 1 aromatic carbocycles. The molecule has 2 fully saturated rings. The van der Waals surface area contributed by atoms with Crippen molar-refractivity contribution in [1.29, 1.82) is 0 Å². The first-order valence-electron chi connectivity index (χ1n) is 13.2. The summed E-state index contributed by atoms with van der Waals surface area (Å²) in [6.07, 6.45) is 7.33. The Morgan fingerprint density at radius 2 is 1.87 bits per heavy atom. The summed E-state index contributed by atoms with van der Waals surface area (Å²) in [5.41, 5.74) is 8.56. The maximum atomic E-state index is 15.2. The molecule has 0 bridgehead atoms. The van der Waals surface area contributed by atoms with Crippen molar-refractivity contribution < 1.29 is 18.3 Å². The zero-order valence-electron chi connectivity index (χ0n) is 21.7. The highest BCUT2D eigenvalue weighted by Crippen LogP contribution is 2.33. The Hall–Kier alpha value is -3.83. The number of hydrogen-bond donors (Lipinski definition) is 2. The highest BCUT2D eigenvalue weighted by molar-refractivity contribution is 5.74. The Kier molecular flexibility index (Phi) is 7.01. The number of piperidine rings is 1. The van der Waals surface area contributed by atoms with E-state index in [-0.39, 0.29) is 29.2 Å². The van der Waals surface area contributed by atoms with Crippen molar-refractivity contribution in [2.45, 2.75) is 38.3 Å². The molecule has 2 aliphatic rings. The number of imidazole rings is 1. The number of fused-ring (bicyclic) bond motifs is 1. The molecule has 39 heavy (non-hydrogen) atoms. The van der Waals surface area contributed by atoms with Gasteiger partial charge in [0.1, 0.15) is 23.5 Å². The molecule has 0 saturated carbocycles. The molecule has 204 valence electrons. The molecule has 0 radical (unpaired) electrons. The second-order valence-electron chi connectivity index (χ2n) is 10.4. The summed E-state index contributed by atoms with van der Waals surface area (Å²) < 4.78 is 43.0. The number of nitrogens with zero attached hydrogens (tertiary/aromatic N) is 5. The van der Waals surface area contributed by atoms with Crippen LogP contribution in [0.5, 0.6) is 5.75 Å². The Bertz CT molecular complexity index is 1440. The molecule has 2 unspecified atom stereocenters. The van der Waals surface area contributed by atoms with E-state index >= 15 is 8.78 Å². The van der Waals surface area contributed by atoms with Crippen molar-refractivity contribution in [1.82, 2.24) is 19.6 Å². The van der Waals surface area contributed by atoms with Crippen LogP contribution in [-0.4, -0.2) is 58.0 Å². The van der Waals surface area contributed by atoms with Gasteiger partial charge >= 0.3 is 0 Å². The van der Waals surface area contributed by atoms with Gasteiger partial charge in [0.05, 0.1) is 53.8 Å². The van der Waals surface area contributed by atoms with E-state index in [1.807, 2.05) is 6.07 Å². The van der Waals surface area contributed by atoms with Crippen molar-refractivity contribution in [3.8, 4) is 17.0 Å². The molecule has 11 heteroatoms. The average molecular weight is 536 g/mol. The van der Waals surface area contributed by atoms with Gasteiger partial charge in [0.25, 0.3) is 0 Å². The fraction of sp³-hybridized carbons (Fsp3) is 0.393. The monoisotopic (exact) mass is 535 g/mol. The second-order valence-corrected chi connectivity index (χ2v) is 10.4. The summed E-state index contributed by atoms with van der Waals surface area (Å²) in [5, 5.41) is 7.85. The number of halogens is 2. The molecular formula is C28H31F2N7O2. The minimum absolute atomic E-state index is 0.0875. The highest BCUT2D eigenvalue weighted by atomic mass is 19.1. The van der Waals surface area contributed by atoms with Crippen LogP contribution in [0.3, 0.4) is 0 Å². The van der Waals surface area contributed by atoms with E-state index in [1.165, 1.54) is 16.6 Å². The third-order valence-electron chi connectivity index (χ3n) is 7.20. The molecule has 0 spiro atoms. The molecule has 6 rings (SSSR count). The van der Waals surface area contributed by atoms with Gasteiger partial charge in [0.2, 0.25) is 5.95 Å². The number of nitrogens with two attached hydrogens (primary N) is 1. The fourth-order valence-electron chi connectivity index (χ4n) is 5.43. The smallest absolute Gasteiger partial charge is 0.229 e. The number of nitrogens with one attached hydrogen (secondary N) is 1. The van der Waals surface area contributed by atoms with Crippen molar-refractivity contribution in [2.75, 3.05) is 36.5 Å². The van der Waals surface area contributed by atoms with Crippen molar-refractivity contribution in [3.63, 3.8) is 0 Å². The first-order valence-corrected chi connectivity index (χ1v) is 13.2. The lowest BCUT2D eigenvalue weighted by Gasteiger charge is -2.37. The van der Waals surface area contributed by atoms with Crippen LogP contribution >= 0.6 is 0 Å². The summed E-state index contributed by atoms with van der Waals surface area (Å²) >= 11 is 0. The molecule has 0 amide bonds. The van der Waals surface area contributed by atoms with Crippen molar-refractivity contribution in [3.05, 3.63) is 60.6 Å². The van der Waals surface area contributed by atoms with Gasteiger partial charge < -0.3 is 25.4 Å². The van der Waals surface area contributed by atoms with Crippen LogP contribution in [0.4, 0.5) is 26.1 Å². The Morgan fingerprint density at radius 3 is 2.64 bits per heavy atom. The number of benzene rings is 1. The Labute approximate surface area is 225 Å². The number of hydrogen-bond acceptors (Lipinski definition) is 8. The van der Waals surface area contributed by atoms with Gasteiger partial charge in [-0.2, -0.15) is 9.61 Å². The quantitative estimate of drug-likeness (QED) is 0.371. The van der Waals surface area contributed by atoms with Gasteiger partial charge in [0, 0.05) is 50.3 Å². The van der Waals surface area contributed by atoms with E-state index in [4.69, 9.17) is 15.2 Å². The lowest BCUT2D eigenvalue weighted by Crippen LogP contribution is -2.46. The molecule has 3 aromatic heterocycles. The molecule has 2 atom stereocenters. The summed E-state index contributed by atoms with van der Waals surface area (Å²) in [7, 11) is 0. The van der Waals surface area contributed by atoms with E-state index in [2.05, 4.69) is 32.2 Å². The Morgan fingerprint density at radius 1 is 1.08 bits per heavy atom. The van der Waals surface area contributed by atoms with Gasteiger partial charge in [-0.25, -0.2) is 13.8 Å². The van der Waals surface area contributed by atoms with Crippen LogP contribution in [-0.2, 0) is 4.74 Å². The minimum Gasteiger partial charge on any atom is -0.490 e. The van der Waals surface area contributed by atoms with Gasteiger partial charge in [-0.05, 0) is 30.5 Å². The van der Waals surface area contributed by atoms with Crippen LogP contribution in [0, 0.1) is 17.6 Å². The maximum absolute atomic E-state index is 15.2. The van der Waals surface area contributed by atoms with Crippen molar-refractivity contribution >= 4 is 22.8 Å². The van der Waals surface area contributed by atoms with Crippen LogP contribution < -0.4 is 20.7 Å². The number of aromatic nitrogens is 4. The number of ether oxygens (including phenoxy) is 2. The van der Waals surface area contributed by atoms with E-state index in [9.17, 15) is 0 Å². The molecule has 4 aromatic rings. The van der Waals surface area contributed by atoms with Gasteiger partial charge in [-0.3, -0.25) is 4.98 Å². The zero-order chi connectivity index (χ0) is 26.9. The van der Waals surface area contributed by atoms with Gasteiger partial charge in [0.15, 0.2) is 0 Å². The van der Waals surface area contributed by atoms with Crippen LogP contribution in [0.25, 0.3) is 16.8 Å². The van der Waals surface area contributed by atoms with Crippen LogP contribution in [0.15, 0.2) is 48.9 Å². The topological polar surface area (TPSA) is 103 Å². The SMILES string of the molecule is CC1CC(N)CN(c2ccncc2Nc2ncc3ccc(-c4c(F)cc(OC5CCOCC5)cc4F)nn23)C1. The largest absolute Gasteiger partial charge is 0.490 e. The van der Waals surface area contributed by atoms with Crippen LogP contribution in [0.1, 0.15) is 26.2 Å². The van der Waals surface area contributed by atoms with Crippen LogP contribution in [0.2, 0.25) is 0 Å². The first kappa shape index (κ1) is 25.4. The van der Waals surface area contributed by atoms with E-state index in [0.29, 0.717) is 43.4 Å². The minimum atomic E-state index is -0.747. The van der Waals surface area contributed by atoms with E-state index < -0.39 is 11.6 Å². The molecular weight excluding hydrogens is 504 g/mol. The Balaban J connectivity index is 1.29. The predicted molar refractivity (Wildman–Crippen MR) is 144 cm³/mol. The third-order valence-corrected chi connectivity index (χ3v) is 7.20. The first-order chi connectivity index (χ1) is 18.9. The van der Waals surface area contributed by atoms with Crippen molar-refractivity contribution in [2.24, 2.45) is 11.7 Å². The summed E-state index contributed by atoms with van der Waals surface area (Å²) in [6.45, 7) is 4.95. The lowest BCUT2D eigenvalue weighted by molar-refractivity contribution is 0.0253. The second kappa shape index (κ2) is 10.7. The molecule has 2 aliphatic heterocycles. The summed E-state index contributed by atoms with van der Waals surface area (Å²) in [6, 6.07) is 7.74. The fourth-order valence-corrected chi connectivity index (χ4v) is 5.43. The number of pyridine rings is 1. The summed E-state index contributed by atoms with van der Waals surface area (Å²) in [4.78, 5) is 11.0. The molecule has 9 nitrogen and oxygen atoms in total. The van der Waals surface area contributed by atoms with E-state index in [0.717, 1.165) is 30.9 Å². The normalized spacial score (nSPS) is 20.4. The lowest BCUT2D eigenvalue weighted by atomic mass is 9.96. The summed E-state index contributed by atoms with van der Waals surface area (Å²) in [5.74, 6) is -0.477. The molecule has 0 aliphatic carbocycles. The maximum Gasteiger partial charge on any atom is 0.229 e. The van der Waals surface area contributed by atoms with Gasteiger partial charge in [-0.1, -0.05) is 6.92 Å². The third kappa shape index (κ3) is 5.37. The molecule has 5 heterocycles. The standard InChI is InChI=1S/C28H31F2N7O2/c1-17-10-18(31)16-36(15-17)26-4-7-32-14-25(26)34-28-33-13-19-2-3-24(35-37(19)28)27-22(29)11-21(12-23(27)30)39-20-5-8-38-9-6-20/h2-4,7,11-14,17-18,20H,5-6,8-10,15-16,31H2,1H3,(H,33,34). The molecule has 2 saturated heterocycles. The highest BCUT2D eigenvalue weighted by Gasteiger charge is 2.25. The number of anilines is 3. The zero-order valence-corrected chi connectivity index (χ0v) is 21.7. The van der Waals surface area contributed by atoms with E-state index in [1.54, 1.807) is 30.7 Å². The molecule has 3 N–H and O–H groups in total. The van der Waals surface area contributed by atoms with Gasteiger partial charge in [-0.15, -0.1) is 0 Å². The predicted octanol–water partition coefficient (Wildman–Crippen LogP) is 4.54. The number of rotatable bonds is 6. The average Bonchev–Trinajstić information content (AvgIpc) is 3.30.